The molecule has 1 aliphatic heterocycles. The number of rotatable bonds is 5. The van der Waals surface area contributed by atoms with Gasteiger partial charge in [-0.2, -0.15) is 4.98 Å². The zero-order valence-corrected chi connectivity index (χ0v) is 10.9. The summed E-state index contributed by atoms with van der Waals surface area (Å²) in [6.07, 6.45) is 3.71. The molecule has 1 fully saturated rings. The second-order valence-corrected chi connectivity index (χ2v) is 4.69. The lowest BCUT2D eigenvalue weighted by molar-refractivity contribution is 0.327. The summed E-state index contributed by atoms with van der Waals surface area (Å²) in [4.78, 5) is 10.3. The van der Waals surface area contributed by atoms with Crippen LogP contribution in [-0.2, 0) is 0 Å². The van der Waals surface area contributed by atoms with Crippen LogP contribution < -0.4 is 10.6 Å². The Balaban J connectivity index is 1.94. The minimum atomic E-state index is -0.415. The first-order chi connectivity index (χ1) is 8.69. The van der Waals surface area contributed by atoms with Crippen molar-refractivity contribution in [3.05, 3.63) is 12.0 Å². The first kappa shape index (κ1) is 13.0. The van der Waals surface area contributed by atoms with Crippen molar-refractivity contribution in [3.8, 4) is 0 Å². The molecule has 1 aromatic rings. The maximum absolute atomic E-state index is 13.6. The lowest BCUT2D eigenvalue weighted by Crippen LogP contribution is -2.33. The van der Waals surface area contributed by atoms with Crippen LogP contribution in [0.15, 0.2) is 6.20 Å². The standard InChI is InChI=1S/C12H20FN5/c1-9(8-18-5-3-4-6-18)16-11-10(13)7-15-12(14-2)17-11/h7,9H,3-6,8H2,1-2H3,(H2,14,15,16,17). The highest BCUT2D eigenvalue weighted by molar-refractivity contribution is 5.41. The molecular weight excluding hydrogens is 233 g/mol. The fourth-order valence-corrected chi connectivity index (χ4v) is 2.22. The molecule has 1 saturated heterocycles. The maximum atomic E-state index is 13.6. The van der Waals surface area contributed by atoms with Crippen LogP contribution >= 0.6 is 0 Å². The number of likely N-dealkylation sites (tertiary alicyclic amines) is 1. The van der Waals surface area contributed by atoms with Gasteiger partial charge in [-0.3, -0.25) is 0 Å². The van der Waals surface area contributed by atoms with Gasteiger partial charge in [-0.05, 0) is 32.9 Å². The van der Waals surface area contributed by atoms with Gasteiger partial charge in [-0.15, -0.1) is 0 Å². The smallest absolute Gasteiger partial charge is 0.224 e. The molecular formula is C12H20FN5. The molecule has 6 heteroatoms. The van der Waals surface area contributed by atoms with Gasteiger partial charge in [0.05, 0.1) is 6.20 Å². The van der Waals surface area contributed by atoms with Crippen molar-refractivity contribution < 1.29 is 4.39 Å². The second kappa shape index (κ2) is 5.95. The van der Waals surface area contributed by atoms with Crippen molar-refractivity contribution in [2.45, 2.75) is 25.8 Å². The summed E-state index contributed by atoms with van der Waals surface area (Å²) in [7, 11) is 1.71. The number of halogens is 1. The summed E-state index contributed by atoms with van der Waals surface area (Å²) >= 11 is 0. The third-order valence-electron chi connectivity index (χ3n) is 3.08. The normalized spacial score (nSPS) is 17.7. The van der Waals surface area contributed by atoms with E-state index in [0.717, 1.165) is 19.6 Å². The van der Waals surface area contributed by atoms with Gasteiger partial charge in [0.2, 0.25) is 5.95 Å². The van der Waals surface area contributed by atoms with Crippen LogP contribution in [0.2, 0.25) is 0 Å². The molecule has 0 spiro atoms. The van der Waals surface area contributed by atoms with Crippen LogP contribution in [0.3, 0.4) is 0 Å². The van der Waals surface area contributed by atoms with E-state index in [1.165, 1.54) is 19.0 Å². The van der Waals surface area contributed by atoms with Gasteiger partial charge in [0, 0.05) is 19.6 Å². The monoisotopic (exact) mass is 253 g/mol. The first-order valence-corrected chi connectivity index (χ1v) is 6.38. The average molecular weight is 253 g/mol. The van der Waals surface area contributed by atoms with Crippen LogP contribution in [0.5, 0.6) is 0 Å². The molecule has 0 amide bonds. The summed E-state index contributed by atoms with van der Waals surface area (Å²) in [5.74, 6) is 0.274. The van der Waals surface area contributed by atoms with Crippen LogP contribution in [0.4, 0.5) is 16.2 Å². The largest absolute Gasteiger partial charge is 0.364 e. The van der Waals surface area contributed by atoms with Gasteiger partial charge in [0.1, 0.15) is 0 Å². The predicted molar refractivity (Wildman–Crippen MR) is 70.3 cm³/mol. The number of nitrogens with one attached hydrogen (secondary N) is 2. The van der Waals surface area contributed by atoms with Gasteiger partial charge in [-0.1, -0.05) is 0 Å². The molecule has 0 radical (unpaired) electrons. The van der Waals surface area contributed by atoms with E-state index in [2.05, 4.69) is 25.5 Å². The first-order valence-electron chi connectivity index (χ1n) is 6.38. The lowest BCUT2D eigenvalue weighted by atomic mass is 10.3. The van der Waals surface area contributed by atoms with Crippen LogP contribution in [-0.4, -0.2) is 47.6 Å². The molecule has 1 aliphatic rings. The topological polar surface area (TPSA) is 53.1 Å². The minimum Gasteiger partial charge on any atom is -0.364 e. The molecule has 1 atom stereocenters. The van der Waals surface area contributed by atoms with Crippen molar-refractivity contribution >= 4 is 11.8 Å². The summed E-state index contributed by atoms with van der Waals surface area (Å²) in [5, 5.41) is 5.91. The highest BCUT2D eigenvalue weighted by atomic mass is 19.1. The Kier molecular flexibility index (Phi) is 4.30. The van der Waals surface area contributed by atoms with E-state index in [1.54, 1.807) is 7.05 Å². The van der Waals surface area contributed by atoms with Gasteiger partial charge in [0.25, 0.3) is 0 Å². The van der Waals surface area contributed by atoms with Crippen molar-refractivity contribution in [1.82, 2.24) is 14.9 Å². The molecule has 0 aromatic carbocycles. The maximum Gasteiger partial charge on any atom is 0.224 e. The number of aromatic nitrogens is 2. The van der Waals surface area contributed by atoms with Crippen molar-refractivity contribution in [3.63, 3.8) is 0 Å². The third-order valence-corrected chi connectivity index (χ3v) is 3.08. The molecule has 100 valence electrons. The summed E-state index contributed by atoms with van der Waals surface area (Å²) in [6.45, 7) is 5.23. The Labute approximate surface area is 107 Å². The molecule has 18 heavy (non-hydrogen) atoms. The average Bonchev–Trinajstić information content (AvgIpc) is 2.84. The van der Waals surface area contributed by atoms with Crippen LogP contribution in [0.1, 0.15) is 19.8 Å². The van der Waals surface area contributed by atoms with Gasteiger partial charge in [0.15, 0.2) is 11.6 Å². The molecule has 0 aliphatic carbocycles. The lowest BCUT2D eigenvalue weighted by Gasteiger charge is -2.21. The number of anilines is 2. The molecule has 2 N–H and O–H groups in total. The summed E-state index contributed by atoms with van der Waals surface area (Å²) in [5.41, 5.74) is 0. The number of hydrogen-bond acceptors (Lipinski definition) is 5. The third kappa shape index (κ3) is 3.29. The SMILES string of the molecule is CNc1ncc(F)c(NC(C)CN2CCCC2)n1. The van der Waals surface area contributed by atoms with E-state index in [1.807, 2.05) is 6.92 Å². The zero-order valence-electron chi connectivity index (χ0n) is 10.9. The van der Waals surface area contributed by atoms with E-state index in [-0.39, 0.29) is 11.9 Å². The van der Waals surface area contributed by atoms with Crippen LogP contribution in [0, 0.1) is 5.82 Å². The quantitative estimate of drug-likeness (QED) is 0.834. The minimum absolute atomic E-state index is 0.164. The molecule has 1 aromatic heterocycles. The van der Waals surface area contributed by atoms with Gasteiger partial charge >= 0.3 is 0 Å². The fourth-order valence-electron chi connectivity index (χ4n) is 2.22. The van der Waals surface area contributed by atoms with E-state index < -0.39 is 5.82 Å². The fraction of sp³-hybridized carbons (Fsp3) is 0.667. The van der Waals surface area contributed by atoms with E-state index in [9.17, 15) is 4.39 Å². The molecule has 5 nitrogen and oxygen atoms in total. The Morgan fingerprint density at radius 1 is 1.44 bits per heavy atom. The summed E-state index contributed by atoms with van der Waals surface area (Å²) in [6, 6.07) is 0.164. The Bertz CT molecular complexity index is 392. The zero-order chi connectivity index (χ0) is 13.0. The molecule has 2 rings (SSSR count). The van der Waals surface area contributed by atoms with E-state index in [0.29, 0.717) is 5.95 Å². The van der Waals surface area contributed by atoms with Crippen molar-refractivity contribution in [2.75, 3.05) is 37.3 Å². The van der Waals surface area contributed by atoms with Crippen molar-refractivity contribution in [2.24, 2.45) is 0 Å². The molecule has 0 saturated carbocycles. The Hall–Kier alpha value is -1.43. The van der Waals surface area contributed by atoms with Crippen molar-refractivity contribution in [1.29, 1.82) is 0 Å². The van der Waals surface area contributed by atoms with E-state index in [4.69, 9.17) is 0 Å². The number of nitrogens with zero attached hydrogens (tertiary/aromatic N) is 3. The van der Waals surface area contributed by atoms with Gasteiger partial charge < -0.3 is 15.5 Å². The second-order valence-electron chi connectivity index (χ2n) is 4.69. The van der Waals surface area contributed by atoms with Crippen LogP contribution in [0.25, 0.3) is 0 Å². The highest BCUT2D eigenvalue weighted by Gasteiger charge is 2.16. The molecule has 1 unspecified atom stereocenters. The Morgan fingerprint density at radius 2 is 2.17 bits per heavy atom. The van der Waals surface area contributed by atoms with E-state index >= 15 is 0 Å². The molecule has 2 heterocycles. The highest BCUT2D eigenvalue weighted by Crippen LogP contribution is 2.14. The number of hydrogen-bond donors (Lipinski definition) is 2. The predicted octanol–water partition coefficient (Wildman–Crippen LogP) is 1.55. The van der Waals surface area contributed by atoms with Gasteiger partial charge in [-0.25, -0.2) is 9.37 Å². The Morgan fingerprint density at radius 3 is 2.83 bits per heavy atom. The summed E-state index contributed by atoms with van der Waals surface area (Å²) < 4.78 is 13.6. The molecule has 0 bridgehead atoms.